The molecule has 0 saturated heterocycles. The molecule has 25 heavy (non-hydrogen) atoms. The highest BCUT2D eigenvalue weighted by Crippen LogP contribution is 2.25. The molecule has 0 heterocycles. The summed E-state index contributed by atoms with van der Waals surface area (Å²) in [5, 5.41) is 5.96. The minimum Gasteiger partial charge on any atom is -0.491 e. The minimum atomic E-state index is -0.405. The van der Waals surface area contributed by atoms with Crippen LogP contribution >= 0.6 is 23.2 Å². The van der Waals surface area contributed by atoms with Crippen molar-refractivity contribution in [2.75, 3.05) is 11.9 Å². The molecule has 2 aromatic carbocycles. The number of hydrogen-bond acceptors (Lipinski definition) is 3. The van der Waals surface area contributed by atoms with Gasteiger partial charge in [0, 0.05) is 10.6 Å². The summed E-state index contributed by atoms with van der Waals surface area (Å²) in [6.45, 7) is 3.66. The predicted octanol–water partition coefficient (Wildman–Crippen LogP) is 4.15. The molecule has 2 amide bonds. The lowest BCUT2D eigenvalue weighted by Gasteiger charge is -2.11. The van der Waals surface area contributed by atoms with E-state index in [1.807, 2.05) is 13.8 Å². The van der Waals surface area contributed by atoms with E-state index < -0.39 is 5.91 Å². The third-order valence-corrected chi connectivity index (χ3v) is 3.66. The largest absolute Gasteiger partial charge is 0.491 e. The molecule has 0 spiro atoms. The van der Waals surface area contributed by atoms with Gasteiger partial charge in [0.25, 0.3) is 5.91 Å². The van der Waals surface area contributed by atoms with Crippen LogP contribution in [0.3, 0.4) is 0 Å². The van der Waals surface area contributed by atoms with Gasteiger partial charge in [-0.15, -0.1) is 0 Å². The predicted molar refractivity (Wildman–Crippen MR) is 99.6 cm³/mol. The number of hydrogen-bond donors (Lipinski definition) is 2. The van der Waals surface area contributed by atoms with Crippen LogP contribution in [-0.2, 0) is 4.79 Å². The van der Waals surface area contributed by atoms with E-state index in [-0.39, 0.29) is 18.6 Å². The maximum absolute atomic E-state index is 12.1. The van der Waals surface area contributed by atoms with Gasteiger partial charge >= 0.3 is 0 Å². The van der Waals surface area contributed by atoms with Crippen molar-refractivity contribution in [1.29, 1.82) is 0 Å². The van der Waals surface area contributed by atoms with Crippen molar-refractivity contribution in [2.45, 2.75) is 20.0 Å². The Kier molecular flexibility index (Phi) is 6.67. The first-order valence-electron chi connectivity index (χ1n) is 7.65. The Morgan fingerprint density at radius 2 is 1.76 bits per heavy atom. The van der Waals surface area contributed by atoms with Crippen LogP contribution in [0.15, 0.2) is 42.5 Å². The van der Waals surface area contributed by atoms with Gasteiger partial charge in [-0.2, -0.15) is 0 Å². The number of rotatable bonds is 6. The topological polar surface area (TPSA) is 67.4 Å². The van der Waals surface area contributed by atoms with Crippen molar-refractivity contribution < 1.29 is 14.3 Å². The van der Waals surface area contributed by atoms with E-state index >= 15 is 0 Å². The second kappa shape index (κ2) is 8.74. The van der Waals surface area contributed by atoms with E-state index in [4.69, 9.17) is 27.9 Å². The maximum Gasteiger partial charge on any atom is 0.251 e. The lowest BCUT2D eigenvalue weighted by Crippen LogP contribution is -2.32. The first kappa shape index (κ1) is 19.1. The lowest BCUT2D eigenvalue weighted by molar-refractivity contribution is -0.115. The number of ether oxygens (including phenoxy) is 1. The number of nitrogens with one attached hydrogen (secondary N) is 2. The van der Waals surface area contributed by atoms with Gasteiger partial charge < -0.3 is 15.4 Å². The molecule has 7 heteroatoms. The molecule has 2 aromatic rings. The molecule has 0 aliphatic rings. The molecule has 2 N–H and O–H groups in total. The number of amides is 2. The summed E-state index contributed by atoms with van der Waals surface area (Å²) in [7, 11) is 0. The molecule has 2 rings (SSSR count). The smallest absolute Gasteiger partial charge is 0.251 e. The first-order valence-corrected chi connectivity index (χ1v) is 8.40. The molecular weight excluding hydrogens is 363 g/mol. The molecule has 0 aliphatic heterocycles. The van der Waals surface area contributed by atoms with Crippen LogP contribution in [0.4, 0.5) is 5.69 Å². The summed E-state index contributed by atoms with van der Waals surface area (Å²) in [6, 6.07) is 11.4. The van der Waals surface area contributed by atoms with Crippen LogP contribution in [0, 0.1) is 0 Å². The average molecular weight is 381 g/mol. The summed E-state index contributed by atoms with van der Waals surface area (Å²) in [6.07, 6.45) is 0.0571. The van der Waals surface area contributed by atoms with Crippen molar-refractivity contribution in [3.8, 4) is 5.75 Å². The molecule has 0 aliphatic carbocycles. The monoisotopic (exact) mass is 380 g/mol. The lowest BCUT2D eigenvalue weighted by atomic mass is 10.2. The highest BCUT2D eigenvalue weighted by molar-refractivity contribution is 6.35. The molecule has 0 aromatic heterocycles. The van der Waals surface area contributed by atoms with Crippen molar-refractivity contribution >= 4 is 40.7 Å². The zero-order chi connectivity index (χ0) is 18.4. The zero-order valence-corrected chi connectivity index (χ0v) is 15.3. The van der Waals surface area contributed by atoms with E-state index in [2.05, 4.69) is 10.6 Å². The Bertz CT molecular complexity index is 761. The molecule has 5 nitrogen and oxygen atoms in total. The van der Waals surface area contributed by atoms with Crippen LogP contribution in [0.2, 0.25) is 10.0 Å². The number of halogens is 2. The van der Waals surface area contributed by atoms with Crippen LogP contribution in [0.5, 0.6) is 5.75 Å². The quantitative estimate of drug-likeness (QED) is 0.790. The molecule has 0 unspecified atom stereocenters. The molecule has 0 bridgehead atoms. The Balaban J connectivity index is 1.88. The molecule has 0 saturated carbocycles. The fourth-order valence-electron chi connectivity index (χ4n) is 2.01. The summed E-state index contributed by atoms with van der Waals surface area (Å²) in [4.78, 5) is 24.0. The highest BCUT2D eigenvalue weighted by Gasteiger charge is 2.10. The van der Waals surface area contributed by atoms with Gasteiger partial charge in [0.15, 0.2) is 0 Å². The van der Waals surface area contributed by atoms with Crippen molar-refractivity contribution in [2.24, 2.45) is 0 Å². The van der Waals surface area contributed by atoms with Gasteiger partial charge in [-0.25, -0.2) is 0 Å². The second-order valence-corrected chi connectivity index (χ2v) is 6.39. The maximum atomic E-state index is 12.1. The van der Waals surface area contributed by atoms with Gasteiger partial charge in [0.2, 0.25) is 5.91 Å². The van der Waals surface area contributed by atoms with Gasteiger partial charge in [-0.1, -0.05) is 23.2 Å². The average Bonchev–Trinajstić information content (AvgIpc) is 2.56. The number of benzene rings is 2. The summed E-state index contributed by atoms with van der Waals surface area (Å²) in [5.74, 6) is -0.0828. The normalized spacial score (nSPS) is 10.4. The van der Waals surface area contributed by atoms with Gasteiger partial charge in [0.1, 0.15) is 5.75 Å². The molecule has 0 atom stereocenters. The van der Waals surface area contributed by atoms with Crippen molar-refractivity contribution in [3.63, 3.8) is 0 Å². The summed E-state index contributed by atoms with van der Waals surface area (Å²) >= 11 is 11.8. The third-order valence-electron chi connectivity index (χ3n) is 3.10. The van der Waals surface area contributed by atoms with Crippen molar-refractivity contribution in [3.05, 3.63) is 58.1 Å². The first-order chi connectivity index (χ1) is 11.8. The van der Waals surface area contributed by atoms with Crippen LogP contribution in [0.25, 0.3) is 0 Å². The van der Waals surface area contributed by atoms with E-state index in [1.165, 1.54) is 6.07 Å². The minimum absolute atomic E-state index is 0.0571. The number of carbonyl (C=O) groups excluding carboxylic acids is 2. The SMILES string of the molecule is CC(C)Oc1ccc(C(=O)NCC(=O)Nc2cc(Cl)ccc2Cl)cc1. The molecular formula is C18H18Cl2N2O3. The summed E-state index contributed by atoms with van der Waals surface area (Å²) in [5.41, 5.74) is 0.827. The molecule has 0 fully saturated rings. The Labute approximate surface area is 156 Å². The van der Waals surface area contributed by atoms with Gasteiger partial charge in [-0.05, 0) is 56.3 Å². The highest BCUT2D eigenvalue weighted by atomic mass is 35.5. The van der Waals surface area contributed by atoms with Crippen LogP contribution in [-0.4, -0.2) is 24.5 Å². The zero-order valence-electron chi connectivity index (χ0n) is 13.8. The Morgan fingerprint density at radius 1 is 1.08 bits per heavy atom. The van der Waals surface area contributed by atoms with Crippen LogP contribution in [0.1, 0.15) is 24.2 Å². The molecule has 132 valence electrons. The van der Waals surface area contributed by atoms with Gasteiger partial charge in [-0.3, -0.25) is 9.59 Å². The van der Waals surface area contributed by atoms with E-state index in [9.17, 15) is 9.59 Å². The second-order valence-electron chi connectivity index (χ2n) is 5.55. The van der Waals surface area contributed by atoms with Gasteiger partial charge in [0.05, 0.1) is 23.4 Å². The Morgan fingerprint density at radius 3 is 2.40 bits per heavy atom. The van der Waals surface area contributed by atoms with E-state index in [1.54, 1.807) is 36.4 Å². The fourth-order valence-corrected chi connectivity index (χ4v) is 2.34. The fraction of sp³-hybridized carbons (Fsp3) is 0.222. The molecule has 0 radical (unpaired) electrons. The van der Waals surface area contributed by atoms with Crippen LogP contribution < -0.4 is 15.4 Å². The summed E-state index contributed by atoms with van der Waals surface area (Å²) < 4.78 is 5.52. The third kappa shape index (κ3) is 5.96. The number of anilines is 1. The van der Waals surface area contributed by atoms with Crippen molar-refractivity contribution in [1.82, 2.24) is 5.32 Å². The Hall–Kier alpha value is -2.24. The van der Waals surface area contributed by atoms with E-state index in [0.717, 1.165) is 0 Å². The standard InChI is InChI=1S/C18H18Cl2N2O3/c1-11(2)25-14-6-3-12(4-7-14)18(24)21-10-17(23)22-16-9-13(19)5-8-15(16)20/h3-9,11H,10H2,1-2H3,(H,21,24)(H,22,23). The van der Waals surface area contributed by atoms with E-state index in [0.29, 0.717) is 27.0 Å². The number of carbonyl (C=O) groups is 2.